The Morgan fingerprint density at radius 3 is 2.54 bits per heavy atom. The first-order valence-electron chi connectivity index (χ1n) is 12.9. The maximum atomic E-state index is 12.3. The maximum absolute atomic E-state index is 12.3. The van der Waals surface area contributed by atoms with Crippen LogP contribution in [0.1, 0.15) is 48.3 Å². The smallest absolute Gasteiger partial charge is 0.251 e. The lowest BCUT2D eigenvalue weighted by molar-refractivity contribution is 0.0953. The lowest BCUT2D eigenvalue weighted by Gasteiger charge is -2.11. The second kappa shape index (κ2) is 13.8. The summed E-state index contributed by atoms with van der Waals surface area (Å²) < 4.78 is 14.3. The molecule has 0 radical (unpaired) electrons. The molecule has 194 valence electrons. The highest BCUT2D eigenvalue weighted by Crippen LogP contribution is 2.20. The van der Waals surface area contributed by atoms with Gasteiger partial charge >= 0.3 is 0 Å². The van der Waals surface area contributed by atoms with Gasteiger partial charge in [-0.1, -0.05) is 40.5 Å². The third kappa shape index (κ3) is 7.83. The average molecular weight is 565 g/mol. The number of aromatic nitrogens is 2. The summed E-state index contributed by atoms with van der Waals surface area (Å²) in [6.07, 6.45) is 5.94. The molecule has 0 aliphatic heterocycles. The van der Waals surface area contributed by atoms with Crippen LogP contribution < -0.4 is 14.8 Å². The molecule has 0 aliphatic carbocycles. The first-order chi connectivity index (χ1) is 18.1. The number of imidazole rings is 1. The van der Waals surface area contributed by atoms with E-state index in [0.717, 1.165) is 72.4 Å². The van der Waals surface area contributed by atoms with Gasteiger partial charge in [0.05, 0.1) is 24.8 Å². The van der Waals surface area contributed by atoms with Crippen LogP contribution in [0.3, 0.4) is 0 Å². The third-order valence-corrected chi connectivity index (χ3v) is 6.78. The van der Waals surface area contributed by atoms with E-state index >= 15 is 0 Å². The normalized spacial score (nSPS) is 11.0. The topological polar surface area (TPSA) is 65.4 Å². The van der Waals surface area contributed by atoms with Crippen molar-refractivity contribution in [1.82, 2.24) is 14.9 Å². The van der Waals surface area contributed by atoms with E-state index in [1.807, 2.05) is 54.6 Å². The van der Waals surface area contributed by atoms with Crippen molar-refractivity contribution in [2.24, 2.45) is 0 Å². The molecule has 37 heavy (non-hydrogen) atoms. The highest BCUT2D eigenvalue weighted by Gasteiger charge is 2.10. The Morgan fingerprint density at radius 2 is 1.73 bits per heavy atom. The molecule has 0 saturated heterocycles. The molecule has 4 rings (SSSR count). The molecule has 3 aromatic carbocycles. The van der Waals surface area contributed by atoms with Crippen molar-refractivity contribution in [3.8, 4) is 11.5 Å². The molecule has 6 nitrogen and oxygen atoms in total. The van der Waals surface area contributed by atoms with E-state index in [4.69, 9.17) is 14.5 Å². The highest BCUT2D eigenvalue weighted by molar-refractivity contribution is 9.10. The molecule has 0 bridgehead atoms. The van der Waals surface area contributed by atoms with Crippen molar-refractivity contribution in [3.63, 3.8) is 0 Å². The number of methoxy groups -OCH3 is 1. The molecular weight excluding hydrogens is 530 g/mol. The standard InChI is InChI=1S/C30H34BrN3O3/c1-36-25-15-17-26(18-16-25)37-21-8-7-20-34-28-13-5-4-12-27(28)33-29(34)14-3-2-6-19-32-30(35)23-10-9-11-24(31)22-23/h4-5,9-13,15-18,22H,2-3,6-8,14,19-21H2,1H3,(H,32,35). The monoisotopic (exact) mass is 563 g/mol. The van der Waals surface area contributed by atoms with Gasteiger partial charge in [0.25, 0.3) is 5.91 Å². The number of amides is 1. The van der Waals surface area contributed by atoms with Crippen LogP contribution in [0.15, 0.2) is 77.3 Å². The summed E-state index contributed by atoms with van der Waals surface area (Å²) in [5.41, 5.74) is 2.92. The van der Waals surface area contributed by atoms with Crippen molar-refractivity contribution < 1.29 is 14.3 Å². The zero-order valence-corrected chi connectivity index (χ0v) is 22.9. The number of para-hydroxylation sites is 2. The van der Waals surface area contributed by atoms with Gasteiger partial charge in [-0.3, -0.25) is 4.79 Å². The number of nitrogens with zero attached hydrogens (tertiary/aromatic N) is 2. The number of aryl methyl sites for hydroxylation is 2. The average Bonchev–Trinajstić information content (AvgIpc) is 3.28. The molecule has 1 heterocycles. The predicted octanol–water partition coefficient (Wildman–Crippen LogP) is 6.81. The van der Waals surface area contributed by atoms with E-state index in [1.165, 1.54) is 5.52 Å². The van der Waals surface area contributed by atoms with Crippen LogP contribution in [-0.4, -0.2) is 35.7 Å². The largest absolute Gasteiger partial charge is 0.497 e. The summed E-state index contributed by atoms with van der Waals surface area (Å²) in [6, 6.07) is 23.5. The number of rotatable bonds is 14. The Bertz CT molecular complexity index is 1290. The number of hydrogen-bond donors (Lipinski definition) is 1. The van der Waals surface area contributed by atoms with Crippen LogP contribution in [0.2, 0.25) is 0 Å². The van der Waals surface area contributed by atoms with Crippen LogP contribution in [0.5, 0.6) is 11.5 Å². The van der Waals surface area contributed by atoms with Gasteiger partial charge in [0.15, 0.2) is 0 Å². The fraction of sp³-hybridized carbons (Fsp3) is 0.333. The SMILES string of the molecule is COc1ccc(OCCCCn2c(CCCCCNC(=O)c3cccc(Br)c3)nc3ccccc32)cc1. The van der Waals surface area contributed by atoms with Gasteiger partial charge in [0.1, 0.15) is 17.3 Å². The van der Waals surface area contributed by atoms with Crippen molar-refractivity contribution >= 4 is 32.9 Å². The maximum Gasteiger partial charge on any atom is 0.251 e. The second-order valence-electron chi connectivity index (χ2n) is 8.98. The van der Waals surface area contributed by atoms with Gasteiger partial charge in [-0.2, -0.15) is 0 Å². The van der Waals surface area contributed by atoms with Gasteiger partial charge in [-0.15, -0.1) is 0 Å². The molecule has 0 atom stereocenters. The Hall–Kier alpha value is -3.32. The second-order valence-corrected chi connectivity index (χ2v) is 9.89. The number of carbonyl (C=O) groups excluding carboxylic acids is 1. The zero-order valence-electron chi connectivity index (χ0n) is 21.3. The zero-order chi connectivity index (χ0) is 25.9. The van der Waals surface area contributed by atoms with Crippen molar-refractivity contribution in [2.75, 3.05) is 20.3 Å². The van der Waals surface area contributed by atoms with Gasteiger partial charge in [-0.25, -0.2) is 4.98 Å². The summed E-state index contributed by atoms with van der Waals surface area (Å²) in [5, 5.41) is 3.02. The number of nitrogens with one attached hydrogen (secondary N) is 1. The molecule has 0 aliphatic rings. The molecule has 4 aromatic rings. The van der Waals surface area contributed by atoms with Crippen LogP contribution in [-0.2, 0) is 13.0 Å². The molecule has 0 fully saturated rings. The first-order valence-corrected chi connectivity index (χ1v) is 13.7. The van der Waals surface area contributed by atoms with Crippen LogP contribution in [0.25, 0.3) is 11.0 Å². The molecule has 1 amide bonds. The van der Waals surface area contributed by atoms with E-state index in [2.05, 4.69) is 44.0 Å². The van der Waals surface area contributed by atoms with Crippen molar-refractivity contribution in [1.29, 1.82) is 0 Å². The number of fused-ring (bicyclic) bond motifs is 1. The minimum atomic E-state index is -0.0286. The lowest BCUT2D eigenvalue weighted by Crippen LogP contribution is -2.24. The Balaban J connectivity index is 1.21. The minimum absolute atomic E-state index is 0.0286. The first kappa shape index (κ1) is 26.7. The molecular formula is C30H34BrN3O3. The molecule has 0 saturated carbocycles. The minimum Gasteiger partial charge on any atom is -0.497 e. The third-order valence-electron chi connectivity index (χ3n) is 6.29. The number of unbranched alkanes of at least 4 members (excludes halogenated alkanes) is 3. The highest BCUT2D eigenvalue weighted by atomic mass is 79.9. The predicted molar refractivity (Wildman–Crippen MR) is 151 cm³/mol. The van der Waals surface area contributed by atoms with Crippen LogP contribution in [0, 0.1) is 0 Å². The van der Waals surface area contributed by atoms with E-state index in [1.54, 1.807) is 7.11 Å². The lowest BCUT2D eigenvalue weighted by atomic mass is 10.1. The number of halogens is 1. The fourth-order valence-corrected chi connectivity index (χ4v) is 4.72. The summed E-state index contributed by atoms with van der Waals surface area (Å²) in [5.74, 6) is 2.80. The molecule has 1 N–H and O–H groups in total. The molecule has 0 spiro atoms. The molecule has 7 heteroatoms. The summed E-state index contributed by atoms with van der Waals surface area (Å²) in [4.78, 5) is 17.2. The van der Waals surface area contributed by atoms with Crippen molar-refractivity contribution in [3.05, 3.63) is 88.7 Å². The number of benzene rings is 3. The molecule has 1 aromatic heterocycles. The Labute approximate surface area is 227 Å². The number of carbonyl (C=O) groups is 1. The van der Waals surface area contributed by atoms with Gasteiger partial charge in [0.2, 0.25) is 0 Å². The summed E-state index contributed by atoms with van der Waals surface area (Å²) >= 11 is 3.41. The van der Waals surface area contributed by atoms with E-state index < -0.39 is 0 Å². The van der Waals surface area contributed by atoms with Crippen LogP contribution in [0.4, 0.5) is 0 Å². The van der Waals surface area contributed by atoms with Crippen molar-refractivity contribution in [2.45, 2.75) is 45.1 Å². The summed E-state index contributed by atoms with van der Waals surface area (Å²) in [6.45, 7) is 2.28. The summed E-state index contributed by atoms with van der Waals surface area (Å²) in [7, 11) is 1.66. The number of ether oxygens (including phenoxy) is 2. The van der Waals surface area contributed by atoms with E-state index in [-0.39, 0.29) is 5.91 Å². The van der Waals surface area contributed by atoms with E-state index in [0.29, 0.717) is 18.7 Å². The Morgan fingerprint density at radius 1 is 0.919 bits per heavy atom. The number of hydrogen-bond acceptors (Lipinski definition) is 4. The van der Waals surface area contributed by atoms with Gasteiger partial charge in [0, 0.05) is 29.5 Å². The van der Waals surface area contributed by atoms with Gasteiger partial charge < -0.3 is 19.4 Å². The molecule has 0 unspecified atom stereocenters. The van der Waals surface area contributed by atoms with Gasteiger partial charge in [-0.05, 0) is 80.3 Å². The van der Waals surface area contributed by atoms with Crippen LogP contribution >= 0.6 is 15.9 Å². The fourth-order valence-electron chi connectivity index (χ4n) is 4.32. The quantitative estimate of drug-likeness (QED) is 0.171. The Kier molecular flexibility index (Phi) is 10.0. The van der Waals surface area contributed by atoms with E-state index in [9.17, 15) is 4.79 Å².